The van der Waals surface area contributed by atoms with Gasteiger partial charge in [-0.25, -0.2) is 21.6 Å². The minimum atomic E-state index is -4.42. The van der Waals surface area contributed by atoms with E-state index in [-0.39, 0.29) is 21.4 Å². The molecule has 10 nitrogen and oxygen atoms in total. The van der Waals surface area contributed by atoms with Gasteiger partial charge >= 0.3 is 0 Å². The van der Waals surface area contributed by atoms with Crippen LogP contribution in [-0.2, 0) is 26.4 Å². The largest absolute Gasteiger partial charge is 0.380 e. The van der Waals surface area contributed by atoms with E-state index in [2.05, 4.69) is 56.8 Å². The zero-order valence-electron chi connectivity index (χ0n) is 33.7. The van der Waals surface area contributed by atoms with Gasteiger partial charge in [-0.2, -0.15) is 0 Å². The van der Waals surface area contributed by atoms with Crippen LogP contribution >= 0.6 is 23.4 Å². The minimum Gasteiger partial charge on any atom is -0.380 e. The highest BCUT2D eigenvalue weighted by Gasteiger charge is 2.25. The number of carbonyl (C=O) groups excluding carboxylic acids is 1. The molecule has 5 aromatic rings. The summed E-state index contributed by atoms with van der Waals surface area (Å²) < 4.78 is 55.4. The van der Waals surface area contributed by atoms with Crippen molar-refractivity contribution in [1.82, 2.24) is 14.5 Å². The molecule has 1 aliphatic heterocycles. The van der Waals surface area contributed by atoms with Crippen LogP contribution in [-0.4, -0.2) is 96.4 Å². The fraction of sp³-hybridized carbons (Fsp3) is 0.311. The van der Waals surface area contributed by atoms with Crippen molar-refractivity contribution < 1.29 is 21.6 Å². The molecule has 0 unspecified atom stereocenters. The third-order valence-electron chi connectivity index (χ3n) is 10.6. The van der Waals surface area contributed by atoms with E-state index in [1.165, 1.54) is 23.3 Å². The monoisotopic (exact) mass is 873 g/mol. The van der Waals surface area contributed by atoms with E-state index in [0.717, 1.165) is 87.2 Å². The number of amides is 1. The molecule has 59 heavy (non-hydrogen) atoms. The number of thioether (sulfide) groups is 1. The van der Waals surface area contributed by atoms with E-state index < -0.39 is 25.8 Å². The van der Waals surface area contributed by atoms with Gasteiger partial charge < -0.3 is 15.1 Å². The number of piperazine rings is 1. The van der Waals surface area contributed by atoms with Gasteiger partial charge in [0, 0.05) is 78.5 Å². The van der Waals surface area contributed by atoms with E-state index in [9.17, 15) is 21.6 Å². The maximum Gasteiger partial charge on any atom is 0.264 e. The van der Waals surface area contributed by atoms with Crippen molar-refractivity contribution in [2.75, 3.05) is 68.0 Å². The first-order valence-electron chi connectivity index (χ1n) is 19.8. The van der Waals surface area contributed by atoms with Gasteiger partial charge in [0.2, 0.25) is 0 Å². The van der Waals surface area contributed by atoms with Crippen LogP contribution in [0.15, 0.2) is 136 Å². The Balaban J connectivity index is 1.08. The summed E-state index contributed by atoms with van der Waals surface area (Å²) in [5.74, 6) is -0.140. The van der Waals surface area contributed by atoms with Gasteiger partial charge in [0.1, 0.15) is 0 Å². The van der Waals surface area contributed by atoms with Crippen LogP contribution in [0.5, 0.6) is 0 Å². The predicted molar refractivity (Wildman–Crippen MR) is 242 cm³/mol. The van der Waals surface area contributed by atoms with Gasteiger partial charge in [-0.1, -0.05) is 80.0 Å². The number of benzene rings is 5. The molecule has 2 N–H and O–H groups in total. The number of rotatable bonds is 18. The van der Waals surface area contributed by atoms with Crippen molar-refractivity contribution in [3.05, 3.63) is 137 Å². The minimum absolute atomic E-state index is 0.112. The van der Waals surface area contributed by atoms with E-state index >= 15 is 0 Å². The zero-order chi connectivity index (χ0) is 42.0. The standard InChI is InChI=1S/C45H52ClN5O5S3/c1-4-49(5-2)26-25-38(33-57-40-12-7-6-8-13-40)47-43-24-23-41(31-44(43)58(3,53)54)59(55,56)48-45(52)35-17-21-39(22-18-35)51-29-27-50(28-30-51)32-36-11-9-10-14-42(36)34-15-19-37(46)20-16-34/h6-24,31,38,47H,4-5,25-30,32-33H2,1-3H3,(H,48,52)/t38-/m1/s1. The molecule has 0 saturated carbocycles. The van der Waals surface area contributed by atoms with Crippen LogP contribution in [0, 0.1) is 0 Å². The van der Waals surface area contributed by atoms with Crippen LogP contribution in [0.4, 0.5) is 11.4 Å². The number of sulfonamides is 1. The summed E-state index contributed by atoms with van der Waals surface area (Å²) in [7, 11) is -8.29. The maximum atomic E-state index is 13.5. The molecule has 14 heteroatoms. The van der Waals surface area contributed by atoms with Gasteiger partial charge in [-0.05, 0) is 103 Å². The van der Waals surface area contributed by atoms with Crippen molar-refractivity contribution in [2.45, 2.75) is 47.5 Å². The fourth-order valence-electron chi connectivity index (χ4n) is 7.14. The predicted octanol–water partition coefficient (Wildman–Crippen LogP) is 8.16. The summed E-state index contributed by atoms with van der Waals surface area (Å²) in [6.07, 6.45) is 1.80. The number of nitrogens with one attached hydrogen (secondary N) is 2. The second kappa shape index (κ2) is 20.3. The lowest BCUT2D eigenvalue weighted by molar-refractivity contribution is 0.0981. The van der Waals surface area contributed by atoms with Crippen molar-refractivity contribution in [3.63, 3.8) is 0 Å². The van der Waals surface area contributed by atoms with Gasteiger partial charge in [-0.3, -0.25) is 9.69 Å². The number of sulfone groups is 1. The fourth-order valence-corrected chi connectivity index (χ4v) is 10.2. The summed E-state index contributed by atoms with van der Waals surface area (Å²) in [6, 6.07) is 37.0. The van der Waals surface area contributed by atoms with Crippen molar-refractivity contribution >= 4 is 60.5 Å². The normalized spacial score (nSPS) is 14.3. The Hall–Kier alpha value is -4.37. The lowest BCUT2D eigenvalue weighted by Crippen LogP contribution is -2.46. The van der Waals surface area contributed by atoms with Gasteiger partial charge in [0.05, 0.1) is 15.5 Å². The smallest absolute Gasteiger partial charge is 0.264 e. The van der Waals surface area contributed by atoms with Gasteiger partial charge in [-0.15, -0.1) is 11.8 Å². The summed E-state index contributed by atoms with van der Waals surface area (Å²) in [5.41, 5.74) is 4.98. The van der Waals surface area contributed by atoms with Crippen molar-refractivity contribution in [3.8, 4) is 11.1 Å². The molecule has 5 aromatic carbocycles. The Morgan fingerprint density at radius 2 is 1.47 bits per heavy atom. The topological polar surface area (TPSA) is 119 Å². The van der Waals surface area contributed by atoms with E-state index in [1.54, 1.807) is 23.9 Å². The van der Waals surface area contributed by atoms with E-state index in [1.807, 2.05) is 72.8 Å². The SMILES string of the molecule is CCN(CC)CC[C@H](CSc1ccccc1)Nc1ccc(S(=O)(=O)NC(=O)c2ccc(N3CCN(Cc4ccccc4-c4ccc(Cl)cc4)CC3)cc2)cc1S(C)(=O)=O. The molecule has 6 rings (SSSR count). The second-order valence-electron chi connectivity index (χ2n) is 14.6. The third kappa shape index (κ3) is 12.1. The van der Waals surface area contributed by atoms with Gasteiger partial charge in [0.15, 0.2) is 9.84 Å². The number of hydrogen-bond donors (Lipinski definition) is 2. The lowest BCUT2D eigenvalue weighted by atomic mass is 9.99. The second-order valence-corrected chi connectivity index (χ2v) is 19.8. The molecule has 312 valence electrons. The quantitative estimate of drug-likeness (QED) is 0.0836. The third-order valence-corrected chi connectivity index (χ3v) is 14.5. The van der Waals surface area contributed by atoms with Crippen LogP contribution in [0.2, 0.25) is 5.02 Å². The molecule has 1 fully saturated rings. The number of carbonyl (C=O) groups is 1. The van der Waals surface area contributed by atoms with Gasteiger partial charge in [0.25, 0.3) is 15.9 Å². The average Bonchev–Trinajstić information content (AvgIpc) is 3.24. The van der Waals surface area contributed by atoms with E-state index in [4.69, 9.17) is 11.6 Å². The Labute approximate surface area is 358 Å². The molecule has 1 aliphatic rings. The molecular weight excluding hydrogens is 822 g/mol. The average molecular weight is 875 g/mol. The van der Waals surface area contributed by atoms with Crippen molar-refractivity contribution in [2.24, 2.45) is 0 Å². The van der Waals surface area contributed by atoms with Crippen LogP contribution in [0.1, 0.15) is 36.2 Å². The Bertz CT molecular complexity index is 2390. The Kier molecular flexibility index (Phi) is 15.2. The molecule has 1 saturated heterocycles. The first-order valence-corrected chi connectivity index (χ1v) is 24.6. The molecule has 0 bridgehead atoms. The summed E-state index contributed by atoms with van der Waals surface area (Å²) in [5, 5.41) is 4.12. The molecular formula is C45H52ClN5O5S3. The maximum absolute atomic E-state index is 13.5. The van der Waals surface area contributed by atoms with Crippen LogP contribution in [0.25, 0.3) is 11.1 Å². The summed E-state index contributed by atoms with van der Waals surface area (Å²) in [4.78, 5) is 20.9. The number of halogens is 1. The number of anilines is 2. The molecule has 1 heterocycles. The Morgan fingerprint density at radius 3 is 2.14 bits per heavy atom. The molecule has 1 atom stereocenters. The Morgan fingerprint density at radius 1 is 0.814 bits per heavy atom. The summed E-state index contributed by atoms with van der Waals surface area (Å²) in [6.45, 7) is 10.9. The lowest BCUT2D eigenvalue weighted by Gasteiger charge is -2.36. The first-order chi connectivity index (χ1) is 28.3. The number of hydrogen-bond acceptors (Lipinski definition) is 10. The highest BCUT2D eigenvalue weighted by Crippen LogP contribution is 2.30. The highest BCUT2D eigenvalue weighted by atomic mass is 35.5. The van der Waals surface area contributed by atoms with Crippen LogP contribution < -0.4 is 14.9 Å². The molecule has 1 amide bonds. The summed E-state index contributed by atoms with van der Waals surface area (Å²) >= 11 is 7.79. The molecule has 0 aromatic heterocycles. The molecule has 0 spiro atoms. The zero-order valence-corrected chi connectivity index (χ0v) is 36.9. The highest BCUT2D eigenvalue weighted by molar-refractivity contribution is 7.99. The molecule has 0 radical (unpaired) electrons. The van der Waals surface area contributed by atoms with E-state index in [0.29, 0.717) is 16.5 Å². The molecule has 0 aliphatic carbocycles. The van der Waals surface area contributed by atoms with Crippen molar-refractivity contribution in [1.29, 1.82) is 0 Å². The van der Waals surface area contributed by atoms with Crippen LogP contribution in [0.3, 0.4) is 0 Å². The number of nitrogens with zero attached hydrogens (tertiary/aromatic N) is 3. The first kappa shape index (κ1) is 44.2.